The number of rotatable bonds is 11. The Morgan fingerprint density at radius 3 is 2.11 bits per heavy atom. The summed E-state index contributed by atoms with van der Waals surface area (Å²) in [5, 5.41) is 0. The van der Waals surface area contributed by atoms with Gasteiger partial charge in [-0.05, 0) is 25.0 Å². The van der Waals surface area contributed by atoms with Crippen molar-refractivity contribution in [3.05, 3.63) is 30.3 Å². The summed E-state index contributed by atoms with van der Waals surface area (Å²) >= 11 is 5.44. The van der Waals surface area contributed by atoms with Crippen LogP contribution in [0.15, 0.2) is 30.3 Å². The van der Waals surface area contributed by atoms with Crippen LogP contribution >= 0.6 is 19.4 Å². The van der Waals surface area contributed by atoms with Gasteiger partial charge in [-0.25, -0.2) is 0 Å². The van der Waals surface area contributed by atoms with Crippen LogP contribution in [-0.4, -0.2) is 13.2 Å². The quantitative estimate of drug-likeness (QED) is 0.413. The number of halogens is 1. The zero-order valence-electron chi connectivity index (χ0n) is 10.7. The van der Waals surface area contributed by atoms with E-state index in [2.05, 4.69) is 0 Å². The molecule has 0 aliphatic heterocycles. The van der Waals surface area contributed by atoms with Gasteiger partial charge in [0.25, 0.3) is 0 Å². The van der Waals surface area contributed by atoms with Gasteiger partial charge in [0.2, 0.25) is 0 Å². The molecule has 0 saturated heterocycles. The number of ether oxygens (including phenoxy) is 1. The molecule has 4 heteroatoms. The number of para-hydroxylation sites is 1. The van der Waals surface area contributed by atoms with Crippen molar-refractivity contribution >= 4 is 19.4 Å². The first-order chi connectivity index (χ1) is 8.93. The van der Waals surface area contributed by atoms with Crippen LogP contribution in [0, 0.1) is 0 Å². The van der Waals surface area contributed by atoms with E-state index in [1.165, 1.54) is 25.7 Å². The molecule has 0 aromatic heterocycles. The third-order valence-electron chi connectivity index (χ3n) is 2.71. The van der Waals surface area contributed by atoms with Crippen LogP contribution in [0.4, 0.5) is 0 Å². The van der Waals surface area contributed by atoms with Crippen LogP contribution in [0.25, 0.3) is 0 Å². The fraction of sp³-hybridized carbons (Fsp3) is 0.571. The molecule has 0 radical (unpaired) electrons. The lowest BCUT2D eigenvalue weighted by Gasteiger charge is -2.05. The largest absolute Gasteiger partial charge is 0.494 e. The van der Waals surface area contributed by atoms with Crippen molar-refractivity contribution in [3.8, 4) is 5.75 Å². The number of benzene rings is 1. The molecule has 0 fully saturated rings. The Labute approximate surface area is 117 Å². The topological polar surface area (TPSA) is 18.5 Å². The molecule has 0 aliphatic carbocycles. The fourth-order valence-corrected chi connectivity index (χ4v) is 2.18. The molecule has 1 rings (SSSR count). The lowest BCUT2D eigenvalue weighted by molar-refractivity contribution is 0.303. The van der Waals surface area contributed by atoms with E-state index in [1.807, 2.05) is 30.3 Å². The van der Waals surface area contributed by atoms with Gasteiger partial charge >= 0.3 is 0 Å². The van der Waals surface area contributed by atoms with E-state index in [-0.39, 0.29) is 8.16 Å². The average Bonchev–Trinajstić information content (AvgIpc) is 2.42. The summed E-state index contributed by atoms with van der Waals surface area (Å²) in [6.45, 7) is 1.62. The van der Waals surface area contributed by atoms with Gasteiger partial charge in [0.1, 0.15) is 13.9 Å². The van der Waals surface area contributed by atoms with Crippen LogP contribution in [0.3, 0.4) is 0 Å². The zero-order valence-corrected chi connectivity index (χ0v) is 12.5. The number of hydrogen-bond acceptors (Lipinski definition) is 2. The maximum Gasteiger partial charge on any atom is 0.119 e. The minimum atomic E-state index is 0.112. The third kappa shape index (κ3) is 8.74. The maximum absolute atomic E-state index is 5.63. The Bertz CT molecular complexity index is 282. The summed E-state index contributed by atoms with van der Waals surface area (Å²) in [7, 11) is 0.112. The van der Waals surface area contributed by atoms with Crippen LogP contribution in [0.1, 0.15) is 38.5 Å². The molecular weight excluding hydrogens is 267 g/mol. The lowest BCUT2D eigenvalue weighted by Crippen LogP contribution is -1.96. The molecule has 0 heterocycles. The fourth-order valence-electron chi connectivity index (χ4n) is 1.73. The first-order valence-corrected chi connectivity index (χ1v) is 8.51. The van der Waals surface area contributed by atoms with Gasteiger partial charge in [-0.2, -0.15) is 0 Å². The van der Waals surface area contributed by atoms with Gasteiger partial charge < -0.3 is 9.26 Å². The predicted octanol–water partition coefficient (Wildman–Crippen LogP) is 5.17. The van der Waals surface area contributed by atoms with Crippen molar-refractivity contribution in [3.63, 3.8) is 0 Å². The van der Waals surface area contributed by atoms with Crippen molar-refractivity contribution in [1.29, 1.82) is 0 Å². The summed E-state index contributed by atoms with van der Waals surface area (Å²) in [5.74, 6) is 0.969. The van der Waals surface area contributed by atoms with Crippen LogP contribution in [0.2, 0.25) is 0 Å². The molecule has 18 heavy (non-hydrogen) atoms. The minimum absolute atomic E-state index is 0.112. The second-order valence-electron chi connectivity index (χ2n) is 4.21. The van der Waals surface area contributed by atoms with Gasteiger partial charge in [-0.15, -0.1) is 0 Å². The standard InChI is InChI=1S/C14H22ClO2P/c15-18-17-13-9-4-2-1-3-8-12-16-14-10-6-5-7-11-14/h5-7,10-11,18H,1-4,8-9,12-13H2. The van der Waals surface area contributed by atoms with Crippen molar-refractivity contribution in [2.45, 2.75) is 38.5 Å². The van der Waals surface area contributed by atoms with Crippen LogP contribution in [-0.2, 0) is 4.52 Å². The highest BCUT2D eigenvalue weighted by Crippen LogP contribution is 2.17. The molecule has 1 atom stereocenters. The van der Waals surface area contributed by atoms with E-state index in [9.17, 15) is 0 Å². The normalized spacial score (nSPS) is 11.2. The molecule has 1 aromatic rings. The Morgan fingerprint density at radius 1 is 0.833 bits per heavy atom. The van der Waals surface area contributed by atoms with Crippen molar-refractivity contribution in [2.24, 2.45) is 0 Å². The van der Waals surface area contributed by atoms with E-state index < -0.39 is 0 Å². The van der Waals surface area contributed by atoms with E-state index in [0.717, 1.165) is 31.8 Å². The molecule has 102 valence electrons. The van der Waals surface area contributed by atoms with Gasteiger partial charge in [-0.1, -0.05) is 55.1 Å². The van der Waals surface area contributed by atoms with E-state index in [1.54, 1.807) is 0 Å². The van der Waals surface area contributed by atoms with E-state index in [0.29, 0.717) is 0 Å². The molecule has 0 N–H and O–H groups in total. The van der Waals surface area contributed by atoms with Crippen molar-refractivity contribution < 1.29 is 9.26 Å². The van der Waals surface area contributed by atoms with Crippen LogP contribution in [0.5, 0.6) is 5.75 Å². The van der Waals surface area contributed by atoms with Crippen LogP contribution < -0.4 is 4.74 Å². The van der Waals surface area contributed by atoms with Gasteiger partial charge in [0.05, 0.1) is 13.2 Å². The Morgan fingerprint density at radius 2 is 1.44 bits per heavy atom. The summed E-state index contributed by atoms with van der Waals surface area (Å²) in [5.41, 5.74) is 0. The number of unbranched alkanes of at least 4 members (excludes halogenated alkanes) is 5. The third-order valence-corrected chi connectivity index (χ3v) is 3.35. The van der Waals surface area contributed by atoms with Gasteiger partial charge in [0.15, 0.2) is 0 Å². The molecule has 0 saturated carbocycles. The van der Waals surface area contributed by atoms with Crippen molar-refractivity contribution in [1.82, 2.24) is 0 Å². The van der Waals surface area contributed by atoms with Gasteiger partial charge in [0, 0.05) is 0 Å². The van der Waals surface area contributed by atoms with Gasteiger partial charge in [-0.3, -0.25) is 0 Å². The summed E-state index contributed by atoms with van der Waals surface area (Å²) in [6.07, 6.45) is 7.29. The molecular formula is C14H22ClO2P. The molecule has 0 spiro atoms. The second-order valence-corrected chi connectivity index (χ2v) is 5.11. The molecule has 2 nitrogen and oxygen atoms in total. The average molecular weight is 289 g/mol. The summed E-state index contributed by atoms with van der Waals surface area (Å²) in [6, 6.07) is 9.99. The highest BCUT2D eigenvalue weighted by molar-refractivity contribution is 7.64. The first kappa shape index (κ1) is 15.8. The maximum atomic E-state index is 5.63. The second kappa shape index (κ2) is 11.8. The number of hydrogen-bond donors (Lipinski definition) is 0. The Hall–Kier alpha value is -0.300. The molecule has 0 bridgehead atoms. The monoisotopic (exact) mass is 288 g/mol. The first-order valence-electron chi connectivity index (χ1n) is 6.59. The highest BCUT2D eigenvalue weighted by atomic mass is 35.7. The zero-order chi connectivity index (χ0) is 12.9. The molecule has 0 amide bonds. The lowest BCUT2D eigenvalue weighted by atomic mass is 10.1. The Balaban J connectivity index is 1.82. The SMILES string of the molecule is ClPOCCCCCCCCOc1ccccc1. The minimum Gasteiger partial charge on any atom is -0.494 e. The molecule has 1 unspecified atom stereocenters. The predicted molar refractivity (Wildman–Crippen MR) is 79.8 cm³/mol. The summed E-state index contributed by atoms with van der Waals surface area (Å²) < 4.78 is 10.7. The molecule has 0 aliphatic rings. The smallest absolute Gasteiger partial charge is 0.119 e. The Kier molecular flexibility index (Phi) is 10.3. The van der Waals surface area contributed by atoms with Crippen molar-refractivity contribution in [2.75, 3.05) is 13.2 Å². The van der Waals surface area contributed by atoms with E-state index in [4.69, 9.17) is 20.5 Å². The van der Waals surface area contributed by atoms with E-state index >= 15 is 0 Å². The molecule has 1 aromatic carbocycles. The summed E-state index contributed by atoms with van der Waals surface area (Å²) in [4.78, 5) is 0. The highest BCUT2D eigenvalue weighted by Gasteiger charge is 1.94.